The Balaban J connectivity index is 1.29. The number of alkyl halides is 3. The van der Waals surface area contributed by atoms with Crippen LogP contribution in [-0.2, 0) is 31.8 Å². The number of thiazole rings is 1. The van der Waals surface area contributed by atoms with E-state index in [0.29, 0.717) is 0 Å². The second-order valence-electron chi connectivity index (χ2n) is 15.1. The highest BCUT2D eigenvalue weighted by atomic mass is 32.1. The van der Waals surface area contributed by atoms with Crippen LogP contribution in [0.2, 0.25) is 0 Å². The first-order valence-corrected chi connectivity index (χ1v) is 17.0. The number of nitrogens with one attached hydrogen (secondary N) is 3. The molecule has 4 saturated carbocycles. The smallest absolute Gasteiger partial charge is 0.443 e. The highest BCUT2D eigenvalue weighted by molar-refractivity contribution is 7.13. The largest absolute Gasteiger partial charge is 0.466 e. The van der Waals surface area contributed by atoms with Crippen LogP contribution in [0.5, 0.6) is 0 Å². The summed E-state index contributed by atoms with van der Waals surface area (Å²) in [6.07, 6.45) is 5.34. The predicted molar refractivity (Wildman–Crippen MR) is 176 cm³/mol. The molecule has 0 spiro atoms. The maximum Gasteiger partial charge on any atom is 0.443 e. The molecule has 11 nitrogen and oxygen atoms in total. The van der Waals surface area contributed by atoms with Gasteiger partial charge in [0.25, 0.3) is 11.5 Å². The van der Waals surface area contributed by atoms with Crippen molar-refractivity contribution < 1.29 is 37.1 Å². The molecule has 4 bridgehead atoms. The molecule has 1 atom stereocenters. The Morgan fingerprint density at radius 2 is 1.67 bits per heavy atom. The van der Waals surface area contributed by atoms with Crippen molar-refractivity contribution in [3.8, 4) is 0 Å². The Bertz CT molecular complexity index is 1700. The first-order chi connectivity index (χ1) is 22.8. The second-order valence-corrected chi connectivity index (χ2v) is 16.1. The molecule has 1 unspecified atom stereocenters. The fraction of sp³-hybridized carbons (Fsp3) is 0.588. The average Bonchev–Trinajstić information content (AvgIpc) is 3.36. The molecule has 15 heteroatoms. The Labute approximate surface area is 286 Å². The average molecular weight is 706 g/mol. The Kier molecular flexibility index (Phi) is 9.65. The molecule has 0 aliphatic heterocycles. The molecule has 4 aliphatic rings. The van der Waals surface area contributed by atoms with Crippen molar-refractivity contribution >= 4 is 40.7 Å². The van der Waals surface area contributed by atoms with E-state index in [2.05, 4.69) is 46.4 Å². The van der Waals surface area contributed by atoms with Crippen molar-refractivity contribution in [2.45, 2.75) is 103 Å². The quantitative estimate of drug-likeness (QED) is 0.217. The van der Waals surface area contributed by atoms with E-state index in [-0.39, 0.29) is 74.7 Å². The number of anilines is 1. The number of methoxy groups -OCH3 is 1. The molecule has 0 radical (unpaired) electrons. The van der Waals surface area contributed by atoms with Crippen molar-refractivity contribution in [3.63, 3.8) is 0 Å². The number of allylic oxidation sites excluding steroid dienone is 1. The third kappa shape index (κ3) is 8.08. The molecule has 0 aromatic carbocycles. The van der Waals surface area contributed by atoms with Gasteiger partial charge >= 0.3 is 12.1 Å². The summed E-state index contributed by atoms with van der Waals surface area (Å²) in [5, 5.41) is 7.04. The lowest BCUT2D eigenvalue weighted by molar-refractivity contribution is -0.164. The third-order valence-electron chi connectivity index (χ3n) is 9.80. The number of carbonyl (C=O) groups excluding carboxylic acids is 4. The number of aryl methyl sites for hydroxylation is 1. The summed E-state index contributed by atoms with van der Waals surface area (Å²) in [7, 11) is 1.19. The van der Waals surface area contributed by atoms with Crippen LogP contribution in [0.3, 0.4) is 0 Å². The van der Waals surface area contributed by atoms with Crippen LogP contribution in [0.1, 0.15) is 92.5 Å². The van der Waals surface area contributed by atoms with Gasteiger partial charge in [0.05, 0.1) is 12.8 Å². The van der Waals surface area contributed by atoms with Crippen molar-refractivity contribution in [3.05, 3.63) is 56.4 Å². The number of halogens is 3. The van der Waals surface area contributed by atoms with Crippen LogP contribution >= 0.6 is 11.3 Å². The summed E-state index contributed by atoms with van der Waals surface area (Å²) in [5.74, 6) is -2.71. The fourth-order valence-corrected chi connectivity index (χ4v) is 10.5. The SMILES string of the molecule is COC(=O)/C=C/CCC(NC(=O)c1sc(C(F)(F)F)nc1C)C(=O)Nc1cccn(CC(=O)NC23CC4(C)CC(C)(CC(C)(C4)C2)C3)c1=O. The summed E-state index contributed by atoms with van der Waals surface area (Å²) < 4.78 is 45.4. The minimum atomic E-state index is -4.75. The second kappa shape index (κ2) is 13.0. The number of ether oxygens (including phenoxy) is 1. The van der Waals surface area contributed by atoms with Crippen LogP contribution in [0.4, 0.5) is 18.9 Å². The van der Waals surface area contributed by atoms with E-state index in [1.54, 1.807) is 0 Å². The Hall–Kier alpha value is -4.01. The third-order valence-corrected chi connectivity index (χ3v) is 11.0. The zero-order valence-corrected chi connectivity index (χ0v) is 29.0. The number of nitrogens with zero attached hydrogens (tertiary/aromatic N) is 2. The number of rotatable bonds is 11. The van der Waals surface area contributed by atoms with E-state index in [9.17, 15) is 37.1 Å². The lowest BCUT2D eigenvalue weighted by Crippen LogP contribution is -2.68. The van der Waals surface area contributed by atoms with E-state index in [1.165, 1.54) is 43.0 Å². The van der Waals surface area contributed by atoms with E-state index in [4.69, 9.17) is 0 Å². The molecule has 2 aromatic rings. The van der Waals surface area contributed by atoms with Gasteiger partial charge in [0.1, 0.15) is 23.2 Å². The number of amides is 3. The minimum Gasteiger partial charge on any atom is -0.466 e. The molecular formula is C34H42F3N5O6S. The monoisotopic (exact) mass is 705 g/mol. The van der Waals surface area contributed by atoms with Gasteiger partial charge in [0.2, 0.25) is 11.8 Å². The van der Waals surface area contributed by atoms with Crippen LogP contribution in [0.15, 0.2) is 35.3 Å². The number of esters is 1. The van der Waals surface area contributed by atoms with Crippen molar-refractivity contribution in [1.29, 1.82) is 0 Å². The number of carbonyl (C=O) groups is 4. The molecule has 6 rings (SSSR count). The molecule has 2 aromatic heterocycles. The van der Waals surface area contributed by atoms with E-state index in [0.717, 1.165) is 44.6 Å². The van der Waals surface area contributed by atoms with Gasteiger partial charge in [-0.2, -0.15) is 13.2 Å². The highest BCUT2D eigenvalue weighted by Gasteiger charge is 2.64. The number of hydrogen-bond donors (Lipinski definition) is 3. The summed E-state index contributed by atoms with van der Waals surface area (Å²) in [6.45, 7) is 7.91. The number of pyridine rings is 1. The van der Waals surface area contributed by atoms with Gasteiger partial charge in [-0.15, -0.1) is 11.3 Å². The molecule has 266 valence electrons. The topological polar surface area (TPSA) is 148 Å². The van der Waals surface area contributed by atoms with Gasteiger partial charge in [-0.05, 0) is 86.7 Å². The van der Waals surface area contributed by atoms with Crippen LogP contribution in [-0.4, -0.2) is 51.9 Å². The highest BCUT2D eigenvalue weighted by Crippen LogP contribution is 2.70. The molecule has 49 heavy (non-hydrogen) atoms. The first-order valence-electron chi connectivity index (χ1n) is 16.2. The number of aromatic nitrogens is 2. The predicted octanol–water partition coefficient (Wildman–Crippen LogP) is 5.13. The van der Waals surface area contributed by atoms with Crippen LogP contribution < -0.4 is 21.5 Å². The lowest BCUT2D eigenvalue weighted by atomic mass is 9.38. The molecular weight excluding hydrogens is 663 g/mol. The summed E-state index contributed by atoms with van der Waals surface area (Å²) in [4.78, 5) is 67.9. The maximum atomic E-state index is 13.4. The van der Waals surface area contributed by atoms with Gasteiger partial charge in [0, 0.05) is 17.8 Å². The van der Waals surface area contributed by atoms with E-state index in [1.807, 2.05) is 0 Å². The number of hydrogen-bond acceptors (Lipinski definition) is 8. The van der Waals surface area contributed by atoms with E-state index >= 15 is 0 Å². The van der Waals surface area contributed by atoms with Crippen molar-refractivity contribution in [2.24, 2.45) is 16.2 Å². The standard InChI is InChI=1S/C34H42F3N5O6S/c1-20-25(49-29(38-20)34(35,36)37)27(46)39-21(9-6-7-11-24(44)48-5)26(45)40-22-10-8-12-42(28(22)47)13-23(43)41-33-17-30(2)14-31(3,18-33)16-32(4,15-30)19-33/h7-8,10-12,21H,6,9,13-19H2,1-5H3,(H,39,46)(H,40,45)(H,41,43)/b11-7+. The lowest BCUT2D eigenvalue weighted by Gasteiger charge is -2.69. The van der Waals surface area contributed by atoms with Crippen LogP contribution in [0, 0.1) is 23.2 Å². The summed E-state index contributed by atoms with van der Waals surface area (Å²) in [6, 6.07) is 1.54. The molecule has 4 fully saturated rings. The zero-order valence-electron chi connectivity index (χ0n) is 28.2. The van der Waals surface area contributed by atoms with Gasteiger partial charge in [0.15, 0.2) is 5.01 Å². The zero-order chi connectivity index (χ0) is 36.0. The van der Waals surface area contributed by atoms with E-state index < -0.39 is 40.6 Å². The van der Waals surface area contributed by atoms with Crippen molar-refractivity contribution in [1.82, 2.24) is 20.2 Å². The molecule has 2 heterocycles. The normalized spacial score (nSPS) is 27.9. The molecule has 4 aliphatic carbocycles. The molecule has 3 amide bonds. The van der Waals surface area contributed by atoms with Gasteiger partial charge < -0.3 is 25.3 Å². The van der Waals surface area contributed by atoms with Crippen LogP contribution in [0.25, 0.3) is 0 Å². The molecule has 3 N–H and O–H groups in total. The van der Waals surface area contributed by atoms with Gasteiger partial charge in [-0.3, -0.25) is 19.2 Å². The molecule has 0 saturated heterocycles. The first kappa shape index (κ1) is 36.3. The minimum absolute atomic E-state index is 0.0721. The Morgan fingerprint density at radius 1 is 1.06 bits per heavy atom. The van der Waals surface area contributed by atoms with Gasteiger partial charge in [-0.1, -0.05) is 26.8 Å². The maximum absolute atomic E-state index is 13.4. The summed E-state index contributed by atoms with van der Waals surface area (Å²) >= 11 is 0.150. The van der Waals surface area contributed by atoms with Gasteiger partial charge in [-0.25, -0.2) is 9.78 Å². The Morgan fingerprint density at radius 3 is 2.22 bits per heavy atom. The van der Waals surface area contributed by atoms with Crippen molar-refractivity contribution in [2.75, 3.05) is 12.4 Å². The summed E-state index contributed by atoms with van der Waals surface area (Å²) in [5.41, 5.74) is -0.863. The fourth-order valence-electron chi connectivity index (χ4n) is 9.62.